The Hall–Kier alpha value is -1.35. The molecule has 2 nitrogen and oxygen atoms in total. The summed E-state index contributed by atoms with van der Waals surface area (Å²) in [5, 5.41) is 0. The minimum atomic E-state index is -0.907. The number of nitrogens with zero attached hydrogens (tertiary/aromatic N) is 1. The molecule has 0 spiro atoms. The lowest BCUT2D eigenvalue weighted by molar-refractivity contribution is 0.683. The van der Waals surface area contributed by atoms with E-state index < -0.39 is 10.8 Å². The summed E-state index contributed by atoms with van der Waals surface area (Å²) in [5.41, 5.74) is 1.00. The Morgan fingerprint density at radius 1 is 1.13 bits per heavy atom. The maximum Gasteiger partial charge on any atom is 0.0628 e. The third-order valence-corrected chi connectivity index (χ3v) is 3.62. The molecule has 0 aliphatic carbocycles. The van der Waals surface area contributed by atoms with Gasteiger partial charge in [0.05, 0.1) is 21.4 Å². The number of para-hydroxylation sites is 1. The summed E-state index contributed by atoms with van der Waals surface area (Å²) in [6.07, 6.45) is 3.93. The van der Waals surface area contributed by atoms with Crippen LogP contribution in [0, 0.1) is 0 Å². The summed E-state index contributed by atoms with van der Waals surface area (Å²) in [6.45, 7) is 1.93. The van der Waals surface area contributed by atoms with E-state index >= 15 is 0 Å². The van der Waals surface area contributed by atoms with Gasteiger partial charge in [-0.15, -0.1) is 0 Å². The molecule has 1 heterocycles. The molecule has 0 N–H and O–H groups in total. The molecule has 15 heavy (non-hydrogen) atoms. The van der Waals surface area contributed by atoms with E-state index in [4.69, 9.17) is 0 Å². The molecular weight excluding hydrogens is 206 g/mol. The first-order chi connectivity index (χ1) is 7.33. The highest BCUT2D eigenvalue weighted by atomic mass is 32.2. The van der Waals surface area contributed by atoms with Gasteiger partial charge in [0.1, 0.15) is 0 Å². The van der Waals surface area contributed by atoms with Gasteiger partial charge in [0.2, 0.25) is 0 Å². The molecule has 0 amide bonds. The predicted octanol–water partition coefficient (Wildman–Crippen LogP) is 2.60. The maximum atomic E-state index is 11.8. The van der Waals surface area contributed by atoms with Crippen LogP contribution in [0.1, 0.15) is 6.92 Å². The molecule has 2 rings (SSSR count). The lowest BCUT2D eigenvalue weighted by Crippen LogP contribution is -2.01. The van der Waals surface area contributed by atoms with Crippen molar-refractivity contribution in [1.82, 2.24) is 4.57 Å². The van der Waals surface area contributed by atoms with E-state index in [0.717, 1.165) is 10.6 Å². The fraction of sp³-hybridized carbons (Fsp3) is 0.167. The van der Waals surface area contributed by atoms with Crippen LogP contribution in [-0.4, -0.2) is 14.5 Å². The summed E-state index contributed by atoms with van der Waals surface area (Å²) in [4.78, 5) is 0.899. The minimum Gasteiger partial charge on any atom is -0.323 e. The van der Waals surface area contributed by atoms with Crippen LogP contribution in [0.25, 0.3) is 5.69 Å². The van der Waals surface area contributed by atoms with Gasteiger partial charge in [-0.25, -0.2) is 0 Å². The monoisotopic (exact) mass is 219 g/mol. The molecule has 2 aromatic rings. The van der Waals surface area contributed by atoms with Crippen LogP contribution in [0.5, 0.6) is 0 Å². The van der Waals surface area contributed by atoms with Crippen molar-refractivity contribution in [2.45, 2.75) is 11.8 Å². The third-order valence-electron chi connectivity index (χ3n) is 2.26. The van der Waals surface area contributed by atoms with Gasteiger partial charge in [0.15, 0.2) is 0 Å². The molecule has 0 saturated heterocycles. The van der Waals surface area contributed by atoms with Crippen LogP contribution in [-0.2, 0) is 10.8 Å². The molecule has 0 aliphatic heterocycles. The van der Waals surface area contributed by atoms with Crippen molar-refractivity contribution in [3.63, 3.8) is 0 Å². The number of rotatable bonds is 3. The van der Waals surface area contributed by atoms with E-state index in [1.807, 2.05) is 60.3 Å². The summed E-state index contributed by atoms with van der Waals surface area (Å²) in [5.74, 6) is 0.651. The smallest absolute Gasteiger partial charge is 0.0628 e. The van der Waals surface area contributed by atoms with Gasteiger partial charge in [-0.3, -0.25) is 4.21 Å². The van der Waals surface area contributed by atoms with Crippen LogP contribution >= 0.6 is 0 Å². The van der Waals surface area contributed by atoms with Crippen LogP contribution in [0.2, 0.25) is 0 Å². The topological polar surface area (TPSA) is 22.0 Å². The Bertz CT molecular complexity index is 462. The highest BCUT2D eigenvalue weighted by molar-refractivity contribution is 7.85. The first-order valence-corrected chi connectivity index (χ1v) is 6.25. The van der Waals surface area contributed by atoms with Gasteiger partial charge in [-0.1, -0.05) is 19.1 Å². The van der Waals surface area contributed by atoms with Crippen molar-refractivity contribution < 1.29 is 4.21 Å². The minimum absolute atomic E-state index is 0.651. The van der Waals surface area contributed by atoms with Crippen molar-refractivity contribution in [3.05, 3.63) is 48.8 Å². The second-order valence-electron chi connectivity index (χ2n) is 3.19. The molecule has 1 aromatic carbocycles. The molecule has 78 valence electrons. The highest BCUT2D eigenvalue weighted by Gasteiger charge is 2.07. The standard InChI is InChI=1S/C12H13NOS/c1-2-15(14)12-8-4-3-7-11(12)13-9-5-6-10-13/h3-10H,2H2,1H3. The van der Waals surface area contributed by atoms with Crippen LogP contribution < -0.4 is 0 Å². The summed E-state index contributed by atoms with van der Waals surface area (Å²) >= 11 is 0. The van der Waals surface area contributed by atoms with E-state index in [-0.39, 0.29) is 0 Å². The van der Waals surface area contributed by atoms with Gasteiger partial charge < -0.3 is 4.57 Å². The van der Waals surface area contributed by atoms with Crippen LogP contribution in [0.3, 0.4) is 0 Å². The van der Waals surface area contributed by atoms with E-state index in [0.29, 0.717) is 5.75 Å². The number of benzene rings is 1. The normalized spacial score (nSPS) is 12.6. The molecule has 0 radical (unpaired) electrons. The van der Waals surface area contributed by atoms with Crippen molar-refractivity contribution in [3.8, 4) is 5.69 Å². The first-order valence-electron chi connectivity index (χ1n) is 4.93. The van der Waals surface area contributed by atoms with Gasteiger partial charge >= 0.3 is 0 Å². The Morgan fingerprint density at radius 2 is 1.80 bits per heavy atom. The van der Waals surface area contributed by atoms with E-state index in [2.05, 4.69) is 0 Å². The largest absolute Gasteiger partial charge is 0.323 e. The molecule has 1 unspecified atom stereocenters. The number of hydrogen-bond acceptors (Lipinski definition) is 1. The van der Waals surface area contributed by atoms with E-state index in [9.17, 15) is 4.21 Å². The molecule has 0 fully saturated rings. The number of aromatic nitrogens is 1. The first kappa shape index (κ1) is 10.2. The molecule has 0 bridgehead atoms. The Kier molecular flexibility index (Phi) is 3.02. The zero-order valence-corrected chi connectivity index (χ0v) is 9.41. The summed E-state index contributed by atoms with van der Waals surface area (Å²) < 4.78 is 13.8. The average Bonchev–Trinajstić information content (AvgIpc) is 2.81. The maximum absolute atomic E-state index is 11.8. The van der Waals surface area contributed by atoms with E-state index in [1.54, 1.807) is 0 Å². The van der Waals surface area contributed by atoms with Gasteiger partial charge in [0.25, 0.3) is 0 Å². The van der Waals surface area contributed by atoms with Crippen molar-refractivity contribution in [2.75, 3.05) is 5.75 Å². The SMILES string of the molecule is CCS(=O)c1ccccc1-n1cccc1. The van der Waals surface area contributed by atoms with Crippen LogP contribution in [0.4, 0.5) is 0 Å². The van der Waals surface area contributed by atoms with Crippen molar-refractivity contribution in [1.29, 1.82) is 0 Å². The second kappa shape index (κ2) is 4.45. The van der Waals surface area contributed by atoms with Crippen molar-refractivity contribution in [2.24, 2.45) is 0 Å². The lowest BCUT2D eigenvalue weighted by atomic mass is 10.3. The number of hydrogen-bond donors (Lipinski definition) is 0. The fourth-order valence-electron chi connectivity index (χ4n) is 1.51. The Labute approximate surface area is 92.0 Å². The molecular formula is C12H13NOS. The second-order valence-corrected chi connectivity index (χ2v) is 4.90. The average molecular weight is 219 g/mol. The molecule has 3 heteroatoms. The quantitative estimate of drug-likeness (QED) is 0.777. The van der Waals surface area contributed by atoms with Gasteiger partial charge in [-0.05, 0) is 24.3 Å². The predicted molar refractivity (Wildman–Crippen MR) is 62.7 cm³/mol. The molecule has 1 aromatic heterocycles. The van der Waals surface area contributed by atoms with Gasteiger partial charge in [-0.2, -0.15) is 0 Å². The lowest BCUT2D eigenvalue weighted by Gasteiger charge is -2.08. The Balaban J connectivity index is 2.52. The third kappa shape index (κ3) is 2.02. The van der Waals surface area contributed by atoms with Crippen LogP contribution in [0.15, 0.2) is 53.7 Å². The summed E-state index contributed by atoms with van der Waals surface area (Å²) in [7, 11) is -0.907. The highest BCUT2D eigenvalue weighted by Crippen LogP contribution is 2.18. The molecule has 0 aliphatic rings. The molecule has 1 atom stereocenters. The summed E-state index contributed by atoms with van der Waals surface area (Å²) in [6, 6.07) is 11.7. The molecule has 0 saturated carbocycles. The zero-order chi connectivity index (χ0) is 10.7. The Morgan fingerprint density at radius 3 is 2.47 bits per heavy atom. The van der Waals surface area contributed by atoms with Crippen molar-refractivity contribution >= 4 is 10.8 Å². The zero-order valence-electron chi connectivity index (χ0n) is 8.59. The van der Waals surface area contributed by atoms with E-state index in [1.165, 1.54) is 0 Å². The fourth-order valence-corrected chi connectivity index (χ4v) is 2.46. The van der Waals surface area contributed by atoms with Gasteiger partial charge in [0, 0.05) is 18.1 Å².